The van der Waals surface area contributed by atoms with Crippen molar-refractivity contribution < 1.29 is 0 Å². The summed E-state index contributed by atoms with van der Waals surface area (Å²) in [5.41, 5.74) is 7.62. The maximum Gasteiger partial charge on any atom is 0.0422 e. The number of nitrogens with zero attached hydrogens (tertiary/aromatic N) is 1. The Morgan fingerprint density at radius 2 is 2.24 bits per heavy atom. The normalized spacial score (nSPS) is 29.9. The summed E-state index contributed by atoms with van der Waals surface area (Å²) >= 11 is 3.41. The molecule has 0 aliphatic heterocycles. The molecule has 0 radical (unpaired) electrons. The van der Waals surface area contributed by atoms with E-state index < -0.39 is 0 Å². The van der Waals surface area contributed by atoms with Crippen LogP contribution in [0.15, 0.2) is 22.8 Å². The Hall–Kier alpha value is -0.410. The summed E-state index contributed by atoms with van der Waals surface area (Å²) in [7, 11) is 0. The van der Waals surface area contributed by atoms with Crippen LogP contribution in [0.3, 0.4) is 0 Å². The minimum Gasteiger partial charge on any atom is -0.325 e. The molecule has 94 valence electrons. The van der Waals surface area contributed by atoms with Crippen molar-refractivity contribution in [3.8, 4) is 0 Å². The lowest BCUT2D eigenvalue weighted by atomic mass is 9.86. The van der Waals surface area contributed by atoms with Gasteiger partial charge in [0.1, 0.15) is 0 Å². The van der Waals surface area contributed by atoms with Crippen molar-refractivity contribution in [2.24, 2.45) is 11.7 Å². The third kappa shape index (κ3) is 3.78. The molecule has 0 amide bonds. The number of nitrogens with two attached hydrogens (primary N) is 1. The highest BCUT2D eigenvalue weighted by atomic mass is 79.9. The largest absolute Gasteiger partial charge is 0.325 e. The molecule has 1 fully saturated rings. The molecule has 1 aromatic rings. The van der Waals surface area contributed by atoms with Crippen LogP contribution < -0.4 is 5.73 Å². The molecule has 0 aromatic carbocycles. The molecular formula is C14H21BrN2. The van der Waals surface area contributed by atoms with Gasteiger partial charge < -0.3 is 5.73 Å². The molecule has 2 rings (SSSR count). The first kappa shape index (κ1) is 13.0. The average molecular weight is 297 g/mol. The summed E-state index contributed by atoms with van der Waals surface area (Å²) < 4.78 is 1.03. The third-order valence-electron chi connectivity index (χ3n) is 3.83. The molecule has 2 nitrogen and oxygen atoms in total. The average Bonchev–Trinajstić information content (AvgIpc) is 2.45. The maximum atomic E-state index is 6.54. The Kier molecular flexibility index (Phi) is 4.21. The van der Waals surface area contributed by atoms with Gasteiger partial charge in [-0.25, -0.2) is 0 Å². The minimum atomic E-state index is -0.0361. The van der Waals surface area contributed by atoms with Gasteiger partial charge in [0.25, 0.3) is 0 Å². The van der Waals surface area contributed by atoms with Gasteiger partial charge >= 0.3 is 0 Å². The molecule has 2 N–H and O–H groups in total. The number of hydrogen-bond donors (Lipinski definition) is 1. The Balaban J connectivity index is 2.03. The summed E-state index contributed by atoms with van der Waals surface area (Å²) in [6, 6.07) is 4.12. The van der Waals surface area contributed by atoms with Crippen molar-refractivity contribution in [2.45, 2.75) is 51.0 Å². The molecule has 1 aliphatic carbocycles. The van der Waals surface area contributed by atoms with Crippen molar-refractivity contribution in [1.29, 1.82) is 0 Å². The van der Waals surface area contributed by atoms with E-state index in [1.54, 1.807) is 0 Å². The van der Waals surface area contributed by atoms with E-state index in [0.29, 0.717) is 0 Å². The molecule has 1 aliphatic rings. The van der Waals surface area contributed by atoms with Crippen LogP contribution in [0.5, 0.6) is 0 Å². The van der Waals surface area contributed by atoms with Gasteiger partial charge in [-0.3, -0.25) is 4.98 Å². The lowest BCUT2D eigenvalue weighted by molar-refractivity contribution is 0.360. The lowest BCUT2D eigenvalue weighted by Gasteiger charge is -2.27. The summed E-state index contributed by atoms with van der Waals surface area (Å²) in [6.07, 6.45) is 8.87. The van der Waals surface area contributed by atoms with Crippen LogP contribution in [-0.2, 0) is 6.42 Å². The Morgan fingerprint density at radius 1 is 1.41 bits per heavy atom. The van der Waals surface area contributed by atoms with E-state index in [2.05, 4.69) is 33.9 Å². The van der Waals surface area contributed by atoms with Crippen LogP contribution in [0, 0.1) is 5.92 Å². The zero-order valence-electron chi connectivity index (χ0n) is 10.5. The fourth-order valence-corrected chi connectivity index (χ4v) is 2.89. The molecule has 2 atom stereocenters. The summed E-state index contributed by atoms with van der Waals surface area (Å²) in [5.74, 6) is 0.832. The van der Waals surface area contributed by atoms with Crippen molar-refractivity contribution in [3.63, 3.8) is 0 Å². The van der Waals surface area contributed by atoms with Crippen LogP contribution >= 0.6 is 15.9 Å². The predicted octanol–water partition coefficient (Wildman–Crippen LogP) is 3.68. The molecule has 0 saturated heterocycles. The van der Waals surface area contributed by atoms with Gasteiger partial charge in [-0.2, -0.15) is 0 Å². The van der Waals surface area contributed by atoms with E-state index in [0.717, 1.165) is 35.3 Å². The summed E-state index contributed by atoms with van der Waals surface area (Å²) in [5, 5.41) is 0. The highest BCUT2D eigenvalue weighted by Crippen LogP contribution is 2.30. The fraction of sp³-hybridized carbons (Fsp3) is 0.643. The van der Waals surface area contributed by atoms with Gasteiger partial charge in [-0.05, 0) is 53.2 Å². The van der Waals surface area contributed by atoms with Crippen LogP contribution in [0.1, 0.15) is 44.7 Å². The first-order chi connectivity index (χ1) is 8.07. The second kappa shape index (κ2) is 5.49. The summed E-state index contributed by atoms with van der Waals surface area (Å²) in [6.45, 7) is 2.34. The van der Waals surface area contributed by atoms with E-state index in [1.807, 2.05) is 12.3 Å². The highest BCUT2D eigenvalue weighted by Gasteiger charge is 2.28. The van der Waals surface area contributed by atoms with E-state index >= 15 is 0 Å². The van der Waals surface area contributed by atoms with Crippen molar-refractivity contribution in [3.05, 3.63) is 28.5 Å². The topological polar surface area (TPSA) is 38.9 Å². The Bertz CT molecular complexity index is 363. The first-order valence-corrected chi connectivity index (χ1v) is 7.26. The molecule has 0 bridgehead atoms. The molecular weight excluding hydrogens is 276 g/mol. The van der Waals surface area contributed by atoms with Crippen molar-refractivity contribution in [1.82, 2.24) is 4.98 Å². The van der Waals surface area contributed by atoms with E-state index in [-0.39, 0.29) is 5.54 Å². The Labute approximate surface area is 112 Å². The van der Waals surface area contributed by atoms with E-state index in [1.165, 1.54) is 19.3 Å². The number of rotatable bonds is 2. The third-order valence-corrected chi connectivity index (χ3v) is 4.30. The predicted molar refractivity (Wildman–Crippen MR) is 74.8 cm³/mol. The molecule has 2 unspecified atom stereocenters. The number of hydrogen-bond acceptors (Lipinski definition) is 2. The van der Waals surface area contributed by atoms with Gasteiger partial charge in [0.15, 0.2) is 0 Å². The van der Waals surface area contributed by atoms with E-state index in [9.17, 15) is 0 Å². The van der Waals surface area contributed by atoms with E-state index in [4.69, 9.17) is 5.73 Å². The lowest BCUT2D eigenvalue weighted by Crippen LogP contribution is -2.41. The van der Waals surface area contributed by atoms with Gasteiger partial charge in [0, 0.05) is 28.3 Å². The van der Waals surface area contributed by atoms with Gasteiger partial charge in [-0.15, -0.1) is 0 Å². The minimum absolute atomic E-state index is 0.0361. The van der Waals surface area contributed by atoms with Crippen molar-refractivity contribution >= 4 is 15.9 Å². The second-order valence-electron chi connectivity index (χ2n) is 5.54. The standard InChI is InChI=1S/C14H21BrN2/c1-11-3-2-7-14(16,8-6-11)9-13-5-4-12(15)10-17-13/h4-5,10-11H,2-3,6-9,16H2,1H3. The first-order valence-electron chi connectivity index (χ1n) is 6.47. The highest BCUT2D eigenvalue weighted by molar-refractivity contribution is 9.10. The fourth-order valence-electron chi connectivity index (χ4n) is 2.65. The maximum absolute atomic E-state index is 6.54. The molecule has 1 saturated carbocycles. The zero-order valence-corrected chi connectivity index (χ0v) is 12.0. The summed E-state index contributed by atoms with van der Waals surface area (Å²) in [4.78, 5) is 4.44. The van der Waals surface area contributed by atoms with Gasteiger partial charge in [0.2, 0.25) is 0 Å². The van der Waals surface area contributed by atoms with Crippen LogP contribution in [0.4, 0.5) is 0 Å². The van der Waals surface area contributed by atoms with Gasteiger partial charge in [0.05, 0.1) is 0 Å². The molecule has 1 heterocycles. The number of halogens is 1. The number of aromatic nitrogens is 1. The molecule has 3 heteroatoms. The SMILES string of the molecule is CC1CCCC(N)(Cc2ccc(Br)cn2)CC1. The van der Waals surface area contributed by atoms with Crippen LogP contribution in [-0.4, -0.2) is 10.5 Å². The van der Waals surface area contributed by atoms with Gasteiger partial charge in [-0.1, -0.05) is 19.8 Å². The Morgan fingerprint density at radius 3 is 2.94 bits per heavy atom. The second-order valence-corrected chi connectivity index (χ2v) is 6.46. The quantitative estimate of drug-likeness (QED) is 0.846. The number of pyridine rings is 1. The molecule has 1 aromatic heterocycles. The zero-order chi connectivity index (χ0) is 12.3. The molecule has 17 heavy (non-hydrogen) atoms. The smallest absolute Gasteiger partial charge is 0.0422 e. The van der Waals surface area contributed by atoms with Crippen LogP contribution in [0.25, 0.3) is 0 Å². The monoisotopic (exact) mass is 296 g/mol. The van der Waals surface area contributed by atoms with Crippen LogP contribution in [0.2, 0.25) is 0 Å². The van der Waals surface area contributed by atoms with Crippen molar-refractivity contribution in [2.75, 3.05) is 0 Å². The molecule has 0 spiro atoms.